The molecule has 0 aliphatic carbocycles. The van der Waals surface area contributed by atoms with Gasteiger partial charge in [0.1, 0.15) is 0 Å². The number of nitrogens with zero attached hydrogens (tertiary/aromatic N) is 1. The summed E-state index contributed by atoms with van der Waals surface area (Å²) in [5.74, 6) is 0.853. The Hall–Kier alpha value is -1.98. The van der Waals surface area contributed by atoms with Crippen molar-refractivity contribution in [2.75, 3.05) is 26.7 Å². The van der Waals surface area contributed by atoms with Crippen LogP contribution < -0.4 is 16.0 Å². The number of furan rings is 1. The van der Waals surface area contributed by atoms with Crippen LogP contribution >= 0.6 is 0 Å². The molecule has 0 spiro atoms. The van der Waals surface area contributed by atoms with Crippen LogP contribution in [0.2, 0.25) is 0 Å². The highest BCUT2D eigenvalue weighted by Crippen LogP contribution is 1.98. The van der Waals surface area contributed by atoms with Crippen molar-refractivity contribution in [3.05, 3.63) is 24.2 Å². The lowest BCUT2D eigenvalue weighted by molar-refractivity contribution is 0.0926. The average Bonchev–Trinajstić information content (AvgIpc) is 2.91. The topological polar surface area (TPSA) is 78.7 Å². The highest BCUT2D eigenvalue weighted by molar-refractivity contribution is 5.91. The van der Waals surface area contributed by atoms with E-state index in [0.29, 0.717) is 18.8 Å². The first kappa shape index (κ1) is 14.1. The van der Waals surface area contributed by atoms with Crippen molar-refractivity contribution in [1.29, 1.82) is 0 Å². The number of hydrogen-bond acceptors (Lipinski definition) is 3. The summed E-state index contributed by atoms with van der Waals surface area (Å²) in [6.07, 6.45) is 2.51. The van der Waals surface area contributed by atoms with Crippen molar-refractivity contribution in [1.82, 2.24) is 16.0 Å². The van der Waals surface area contributed by atoms with Gasteiger partial charge in [-0.2, -0.15) is 0 Å². The molecule has 0 fully saturated rings. The zero-order chi connectivity index (χ0) is 13.2. The van der Waals surface area contributed by atoms with Crippen molar-refractivity contribution < 1.29 is 9.21 Å². The maximum absolute atomic E-state index is 11.5. The molecule has 6 nitrogen and oxygen atoms in total. The number of nitrogens with one attached hydrogen (secondary N) is 3. The molecular weight excluding hydrogens is 232 g/mol. The summed E-state index contributed by atoms with van der Waals surface area (Å²) in [4.78, 5) is 15.6. The summed E-state index contributed by atoms with van der Waals surface area (Å²) >= 11 is 0. The maximum atomic E-state index is 11.5. The van der Waals surface area contributed by atoms with Gasteiger partial charge in [0.15, 0.2) is 11.7 Å². The molecule has 6 heteroatoms. The standard InChI is InChI=1S/C12H20N4O2/c1-3-6-15-12(13-2)16-8-7-14-11(17)10-5-4-9-18-10/h4-5,9H,3,6-8H2,1-2H3,(H,14,17)(H2,13,15,16). The van der Waals surface area contributed by atoms with E-state index in [1.165, 1.54) is 6.26 Å². The first-order valence-electron chi connectivity index (χ1n) is 6.04. The van der Waals surface area contributed by atoms with Crippen LogP contribution in [0, 0.1) is 0 Å². The van der Waals surface area contributed by atoms with E-state index in [2.05, 4.69) is 27.9 Å². The fourth-order valence-electron chi connectivity index (χ4n) is 1.32. The van der Waals surface area contributed by atoms with Gasteiger partial charge < -0.3 is 20.4 Å². The molecule has 18 heavy (non-hydrogen) atoms. The molecule has 3 N–H and O–H groups in total. The van der Waals surface area contributed by atoms with Crippen LogP contribution in [0.4, 0.5) is 0 Å². The third kappa shape index (κ3) is 4.90. The van der Waals surface area contributed by atoms with E-state index in [4.69, 9.17) is 4.42 Å². The lowest BCUT2D eigenvalue weighted by Crippen LogP contribution is -2.41. The van der Waals surface area contributed by atoms with Gasteiger partial charge in [-0.25, -0.2) is 0 Å². The van der Waals surface area contributed by atoms with E-state index >= 15 is 0 Å². The van der Waals surface area contributed by atoms with E-state index < -0.39 is 0 Å². The molecule has 0 saturated heterocycles. The summed E-state index contributed by atoms with van der Waals surface area (Å²) in [5.41, 5.74) is 0. The highest BCUT2D eigenvalue weighted by atomic mass is 16.3. The summed E-state index contributed by atoms with van der Waals surface area (Å²) in [6, 6.07) is 3.31. The molecule has 1 amide bonds. The lowest BCUT2D eigenvalue weighted by Gasteiger charge is -2.11. The quantitative estimate of drug-likeness (QED) is 0.393. The van der Waals surface area contributed by atoms with Gasteiger partial charge in [-0.1, -0.05) is 6.92 Å². The molecule has 1 aromatic heterocycles. The smallest absolute Gasteiger partial charge is 0.287 e. The fraction of sp³-hybridized carbons (Fsp3) is 0.500. The maximum Gasteiger partial charge on any atom is 0.287 e. The van der Waals surface area contributed by atoms with Crippen molar-refractivity contribution >= 4 is 11.9 Å². The van der Waals surface area contributed by atoms with E-state index in [1.54, 1.807) is 19.2 Å². The normalized spacial score (nSPS) is 11.1. The molecule has 0 aliphatic rings. The molecule has 0 unspecified atom stereocenters. The monoisotopic (exact) mass is 252 g/mol. The third-order valence-corrected chi connectivity index (χ3v) is 2.21. The zero-order valence-corrected chi connectivity index (χ0v) is 10.8. The average molecular weight is 252 g/mol. The van der Waals surface area contributed by atoms with Crippen molar-refractivity contribution in [2.24, 2.45) is 4.99 Å². The van der Waals surface area contributed by atoms with E-state index in [9.17, 15) is 4.79 Å². The molecular formula is C12H20N4O2. The van der Waals surface area contributed by atoms with Gasteiger partial charge in [-0.15, -0.1) is 0 Å². The summed E-state index contributed by atoms with van der Waals surface area (Å²) < 4.78 is 4.98. The third-order valence-electron chi connectivity index (χ3n) is 2.21. The van der Waals surface area contributed by atoms with Crippen molar-refractivity contribution in [2.45, 2.75) is 13.3 Å². The molecule has 0 atom stereocenters. The Balaban J connectivity index is 2.16. The van der Waals surface area contributed by atoms with Crippen LogP contribution in [-0.2, 0) is 0 Å². The fourth-order valence-corrected chi connectivity index (χ4v) is 1.32. The van der Waals surface area contributed by atoms with Gasteiger partial charge in [0.2, 0.25) is 0 Å². The van der Waals surface area contributed by atoms with Gasteiger partial charge in [0.25, 0.3) is 5.91 Å². The van der Waals surface area contributed by atoms with E-state index in [1.807, 2.05) is 0 Å². The molecule has 0 bridgehead atoms. The van der Waals surface area contributed by atoms with Crippen LogP contribution in [0.15, 0.2) is 27.8 Å². The molecule has 0 saturated carbocycles. The summed E-state index contributed by atoms with van der Waals surface area (Å²) in [7, 11) is 1.71. The predicted molar refractivity (Wildman–Crippen MR) is 70.7 cm³/mol. The van der Waals surface area contributed by atoms with Gasteiger partial charge in [0.05, 0.1) is 6.26 Å². The number of rotatable bonds is 6. The lowest BCUT2D eigenvalue weighted by atomic mass is 10.4. The Morgan fingerprint density at radius 2 is 2.00 bits per heavy atom. The molecule has 100 valence electrons. The number of carbonyl (C=O) groups excluding carboxylic acids is 1. The van der Waals surface area contributed by atoms with Crippen LogP contribution in [-0.4, -0.2) is 38.5 Å². The highest BCUT2D eigenvalue weighted by Gasteiger charge is 2.06. The van der Waals surface area contributed by atoms with E-state index in [0.717, 1.165) is 18.9 Å². The van der Waals surface area contributed by atoms with Crippen molar-refractivity contribution in [3.8, 4) is 0 Å². The Bertz CT molecular complexity index is 373. The van der Waals surface area contributed by atoms with Gasteiger partial charge in [0, 0.05) is 26.7 Å². The molecule has 1 rings (SSSR count). The second kappa shape index (κ2) is 8.16. The van der Waals surface area contributed by atoms with Crippen LogP contribution in [0.3, 0.4) is 0 Å². The number of aliphatic imine (C=N–C) groups is 1. The number of amides is 1. The minimum absolute atomic E-state index is 0.210. The first-order valence-corrected chi connectivity index (χ1v) is 6.04. The predicted octanol–water partition coefficient (Wildman–Crippen LogP) is 0.584. The Morgan fingerprint density at radius 1 is 1.28 bits per heavy atom. The van der Waals surface area contributed by atoms with Crippen LogP contribution in [0.5, 0.6) is 0 Å². The van der Waals surface area contributed by atoms with Gasteiger partial charge in [-0.3, -0.25) is 9.79 Å². The largest absolute Gasteiger partial charge is 0.459 e. The van der Waals surface area contributed by atoms with Crippen molar-refractivity contribution in [3.63, 3.8) is 0 Å². The van der Waals surface area contributed by atoms with Gasteiger partial charge >= 0.3 is 0 Å². The van der Waals surface area contributed by atoms with Crippen LogP contribution in [0.25, 0.3) is 0 Å². The van der Waals surface area contributed by atoms with Crippen LogP contribution in [0.1, 0.15) is 23.9 Å². The molecule has 1 heterocycles. The second-order valence-electron chi connectivity index (χ2n) is 3.66. The molecule has 0 radical (unpaired) electrons. The number of hydrogen-bond donors (Lipinski definition) is 3. The minimum Gasteiger partial charge on any atom is -0.459 e. The SMILES string of the molecule is CCCNC(=NC)NCCNC(=O)c1ccco1. The Labute approximate surface area is 107 Å². The summed E-state index contributed by atoms with van der Waals surface area (Å²) in [6.45, 7) is 4.07. The molecule has 0 aliphatic heterocycles. The number of guanidine groups is 1. The molecule has 1 aromatic rings. The first-order chi connectivity index (χ1) is 8.77. The Morgan fingerprint density at radius 3 is 2.61 bits per heavy atom. The summed E-state index contributed by atoms with van der Waals surface area (Å²) in [5, 5.41) is 8.98. The van der Waals surface area contributed by atoms with E-state index in [-0.39, 0.29) is 5.91 Å². The Kier molecular flexibility index (Phi) is 6.38. The van der Waals surface area contributed by atoms with Gasteiger partial charge in [-0.05, 0) is 18.6 Å². The zero-order valence-electron chi connectivity index (χ0n) is 10.8. The second-order valence-corrected chi connectivity index (χ2v) is 3.66. The minimum atomic E-state index is -0.210. The number of carbonyl (C=O) groups is 1. The molecule has 0 aromatic carbocycles.